The zero-order chi connectivity index (χ0) is 22.8. The van der Waals surface area contributed by atoms with Gasteiger partial charge >= 0.3 is 5.97 Å². The van der Waals surface area contributed by atoms with E-state index in [2.05, 4.69) is 9.97 Å². The molecule has 0 saturated carbocycles. The number of esters is 1. The quantitative estimate of drug-likeness (QED) is 0.268. The summed E-state index contributed by atoms with van der Waals surface area (Å²) < 4.78 is 7.29. The number of nitriles is 1. The van der Waals surface area contributed by atoms with Gasteiger partial charge in [-0.3, -0.25) is 0 Å². The Labute approximate surface area is 185 Å². The molecule has 7 heteroatoms. The van der Waals surface area contributed by atoms with Crippen LogP contribution >= 0.6 is 0 Å². The van der Waals surface area contributed by atoms with Crippen LogP contribution in [-0.4, -0.2) is 32.2 Å². The molecule has 0 aliphatic heterocycles. The lowest BCUT2D eigenvalue weighted by atomic mass is 10.2. The van der Waals surface area contributed by atoms with Crippen LogP contribution in [0.1, 0.15) is 33.1 Å². The summed E-state index contributed by atoms with van der Waals surface area (Å²) in [5.74, 6) is -0.725. The zero-order valence-electron chi connectivity index (χ0n) is 18.0. The lowest BCUT2D eigenvalue weighted by Crippen LogP contribution is -2.10. The zero-order valence-corrected chi connectivity index (χ0v) is 18.0. The molecule has 0 fully saturated rings. The number of hydrogen-bond donors (Lipinski definition) is 2. The van der Waals surface area contributed by atoms with Gasteiger partial charge in [-0.05, 0) is 51.1 Å². The van der Waals surface area contributed by atoms with Crippen molar-refractivity contribution in [3.05, 3.63) is 88.7 Å². The Morgan fingerprint density at radius 3 is 2.56 bits per heavy atom. The number of para-hydroxylation sites is 2. The van der Waals surface area contributed by atoms with Crippen molar-refractivity contribution in [2.24, 2.45) is 0 Å². The number of fused-ring (bicyclic) bond motifs is 1. The van der Waals surface area contributed by atoms with Crippen molar-refractivity contribution in [3.8, 4) is 11.8 Å². The van der Waals surface area contributed by atoms with Crippen molar-refractivity contribution in [3.63, 3.8) is 0 Å². The van der Waals surface area contributed by atoms with Gasteiger partial charge in [0, 0.05) is 17.1 Å². The molecule has 7 nitrogen and oxygen atoms in total. The third kappa shape index (κ3) is 3.86. The van der Waals surface area contributed by atoms with Crippen molar-refractivity contribution >= 4 is 22.6 Å². The van der Waals surface area contributed by atoms with Gasteiger partial charge in [0.05, 0.1) is 16.6 Å². The molecule has 0 radical (unpaired) electrons. The molecule has 0 bridgehead atoms. The second-order valence-corrected chi connectivity index (χ2v) is 7.57. The number of nitrogens with zero attached hydrogens (tertiary/aromatic N) is 3. The average Bonchev–Trinajstić information content (AvgIpc) is 3.33. The molecule has 2 aromatic heterocycles. The number of carbonyl (C=O) groups excluding carboxylic acids is 1. The number of hydrogen-bond acceptors (Lipinski definition) is 5. The first-order valence-corrected chi connectivity index (χ1v) is 10.1. The standard InChI is InChI=1S/C25H22N4O3/c1-15-8-10-18(11-9-15)29-16(2)12-19(17(29)3)25(31)32-14-23(30)20(13-26)24-27-21-6-4-5-7-22(21)28-24/h4-12,30H,14H2,1-3H3,(H,27,28)/b23-20-. The summed E-state index contributed by atoms with van der Waals surface area (Å²) in [6.07, 6.45) is 0. The predicted molar refractivity (Wildman–Crippen MR) is 122 cm³/mol. The Bertz CT molecular complexity index is 1350. The van der Waals surface area contributed by atoms with Crippen LogP contribution in [0.2, 0.25) is 0 Å². The third-order valence-corrected chi connectivity index (χ3v) is 5.31. The number of benzene rings is 2. The number of aromatic amines is 1. The number of aryl methyl sites for hydroxylation is 2. The number of carbonyl (C=O) groups is 1. The van der Waals surface area contributed by atoms with Gasteiger partial charge in [-0.2, -0.15) is 5.26 Å². The number of rotatable bonds is 5. The van der Waals surface area contributed by atoms with Gasteiger partial charge in [0.15, 0.2) is 11.6 Å². The number of imidazole rings is 1. The average molecular weight is 426 g/mol. The summed E-state index contributed by atoms with van der Waals surface area (Å²) in [7, 11) is 0. The van der Waals surface area contributed by atoms with Gasteiger partial charge in [0.1, 0.15) is 18.2 Å². The molecule has 0 aliphatic carbocycles. The molecule has 0 aliphatic rings. The number of aromatic nitrogens is 3. The molecule has 2 N–H and O–H groups in total. The molecular weight excluding hydrogens is 404 g/mol. The minimum atomic E-state index is -0.579. The lowest BCUT2D eigenvalue weighted by molar-refractivity contribution is 0.0502. The van der Waals surface area contributed by atoms with Crippen molar-refractivity contribution in [2.75, 3.05) is 6.61 Å². The highest BCUT2D eigenvalue weighted by Gasteiger charge is 2.20. The Kier molecular flexibility index (Phi) is 5.52. The maximum Gasteiger partial charge on any atom is 0.340 e. The van der Waals surface area contributed by atoms with Crippen molar-refractivity contribution < 1.29 is 14.6 Å². The van der Waals surface area contributed by atoms with E-state index in [0.717, 1.165) is 28.2 Å². The van der Waals surface area contributed by atoms with Gasteiger partial charge in [0.25, 0.3) is 0 Å². The van der Waals surface area contributed by atoms with Crippen LogP contribution in [0, 0.1) is 32.1 Å². The summed E-state index contributed by atoms with van der Waals surface area (Å²) in [6, 6.07) is 19.0. The molecule has 4 aromatic rings. The van der Waals surface area contributed by atoms with E-state index < -0.39 is 12.6 Å². The van der Waals surface area contributed by atoms with E-state index in [-0.39, 0.29) is 17.2 Å². The summed E-state index contributed by atoms with van der Waals surface area (Å²) >= 11 is 0. The van der Waals surface area contributed by atoms with Gasteiger partial charge in [-0.15, -0.1) is 0 Å². The van der Waals surface area contributed by atoms with E-state index in [1.165, 1.54) is 0 Å². The lowest BCUT2D eigenvalue weighted by Gasteiger charge is -2.10. The minimum Gasteiger partial charge on any atom is -0.507 e. The summed E-state index contributed by atoms with van der Waals surface area (Å²) in [6.45, 7) is 5.33. The Morgan fingerprint density at radius 1 is 1.16 bits per heavy atom. The monoisotopic (exact) mass is 426 g/mol. The molecular formula is C25H22N4O3. The van der Waals surface area contributed by atoms with E-state index in [1.54, 1.807) is 12.1 Å². The Balaban J connectivity index is 1.56. The van der Waals surface area contributed by atoms with E-state index in [0.29, 0.717) is 11.1 Å². The third-order valence-electron chi connectivity index (χ3n) is 5.31. The second-order valence-electron chi connectivity index (χ2n) is 7.57. The topological polar surface area (TPSA) is 104 Å². The van der Waals surface area contributed by atoms with E-state index in [4.69, 9.17) is 4.74 Å². The van der Waals surface area contributed by atoms with Gasteiger partial charge in [-0.1, -0.05) is 29.8 Å². The van der Waals surface area contributed by atoms with Crippen LogP contribution < -0.4 is 0 Å². The maximum absolute atomic E-state index is 12.7. The number of H-pyrrole nitrogens is 1. The fourth-order valence-electron chi connectivity index (χ4n) is 3.67. The van der Waals surface area contributed by atoms with Gasteiger partial charge in [0.2, 0.25) is 0 Å². The Hall–Kier alpha value is -4.31. The molecule has 0 atom stereocenters. The fraction of sp³-hybridized carbons (Fsp3) is 0.160. The van der Waals surface area contributed by atoms with Crippen LogP contribution in [0.15, 0.2) is 60.4 Å². The molecule has 32 heavy (non-hydrogen) atoms. The van der Waals surface area contributed by atoms with Crippen LogP contribution in [0.4, 0.5) is 0 Å². The maximum atomic E-state index is 12.7. The number of aliphatic hydroxyl groups is 1. The van der Waals surface area contributed by atoms with Crippen molar-refractivity contribution in [2.45, 2.75) is 20.8 Å². The fourth-order valence-corrected chi connectivity index (χ4v) is 3.67. The number of ether oxygens (including phenoxy) is 1. The first-order chi connectivity index (χ1) is 15.4. The van der Waals surface area contributed by atoms with Crippen molar-refractivity contribution in [1.29, 1.82) is 5.26 Å². The summed E-state index contributed by atoms with van der Waals surface area (Å²) in [4.78, 5) is 20.0. The summed E-state index contributed by atoms with van der Waals surface area (Å²) in [5.41, 5.74) is 5.46. The van der Waals surface area contributed by atoms with Crippen LogP contribution in [0.3, 0.4) is 0 Å². The highest BCUT2D eigenvalue weighted by Crippen LogP contribution is 2.23. The molecule has 0 saturated heterocycles. The van der Waals surface area contributed by atoms with E-state index in [1.807, 2.05) is 73.9 Å². The summed E-state index contributed by atoms with van der Waals surface area (Å²) in [5, 5.41) is 19.9. The predicted octanol–water partition coefficient (Wildman–Crippen LogP) is 4.93. The first kappa shape index (κ1) is 20.9. The van der Waals surface area contributed by atoms with Crippen molar-refractivity contribution in [1.82, 2.24) is 14.5 Å². The van der Waals surface area contributed by atoms with Crippen LogP contribution in [-0.2, 0) is 4.74 Å². The molecule has 2 heterocycles. The number of aliphatic hydroxyl groups excluding tert-OH is 1. The number of nitrogens with one attached hydrogen (secondary N) is 1. The van der Waals surface area contributed by atoms with Gasteiger partial charge in [-0.25, -0.2) is 9.78 Å². The van der Waals surface area contributed by atoms with E-state index in [9.17, 15) is 15.2 Å². The Morgan fingerprint density at radius 2 is 1.88 bits per heavy atom. The normalized spacial score (nSPS) is 11.8. The van der Waals surface area contributed by atoms with Crippen LogP contribution in [0.25, 0.3) is 22.3 Å². The highest BCUT2D eigenvalue weighted by molar-refractivity contribution is 5.91. The largest absolute Gasteiger partial charge is 0.507 e. The molecule has 2 aromatic carbocycles. The highest BCUT2D eigenvalue weighted by atomic mass is 16.5. The number of allylic oxidation sites excluding steroid dienone is 1. The second kappa shape index (κ2) is 8.44. The van der Waals surface area contributed by atoms with Crippen LogP contribution in [0.5, 0.6) is 0 Å². The minimum absolute atomic E-state index is 0.0703. The molecule has 0 spiro atoms. The smallest absolute Gasteiger partial charge is 0.340 e. The SMILES string of the molecule is Cc1ccc(-n2c(C)cc(C(=O)OC/C(O)=C(\C#N)c3nc4ccccc4[nH]3)c2C)cc1. The molecule has 4 rings (SSSR count). The molecule has 0 amide bonds. The van der Waals surface area contributed by atoms with Gasteiger partial charge < -0.3 is 19.4 Å². The first-order valence-electron chi connectivity index (χ1n) is 10.1. The molecule has 0 unspecified atom stereocenters. The van der Waals surface area contributed by atoms with E-state index >= 15 is 0 Å². The molecule has 160 valence electrons.